The zero-order chi connectivity index (χ0) is 19.6. The predicted octanol–water partition coefficient (Wildman–Crippen LogP) is 3.16. The van der Waals surface area contributed by atoms with Crippen LogP contribution in [0.25, 0.3) is 0 Å². The second-order valence-electron chi connectivity index (χ2n) is 7.26. The van der Waals surface area contributed by atoms with Gasteiger partial charge in [0.1, 0.15) is 5.75 Å². The van der Waals surface area contributed by atoms with Crippen molar-refractivity contribution in [2.75, 3.05) is 26.2 Å². The van der Waals surface area contributed by atoms with Gasteiger partial charge in [0.25, 0.3) is 10.2 Å². The number of halogens is 1. The van der Waals surface area contributed by atoms with Crippen molar-refractivity contribution in [1.29, 1.82) is 0 Å². The Labute approximate surface area is 170 Å². The number of ether oxygens (including phenoxy) is 1. The van der Waals surface area contributed by atoms with E-state index in [-0.39, 0.29) is 6.04 Å². The van der Waals surface area contributed by atoms with Crippen molar-refractivity contribution in [3.8, 4) is 5.75 Å². The Morgan fingerprint density at radius 3 is 2.79 bits per heavy atom. The average molecular weight is 425 g/mol. The molecule has 1 aromatic carbocycles. The van der Waals surface area contributed by atoms with Crippen molar-refractivity contribution in [1.82, 2.24) is 18.8 Å². The van der Waals surface area contributed by atoms with Crippen molar-refractivity contribution >= 4 is 21.8 Å². The Balaban J connectivity index is 1.39. The molecule has 4 rings (SSSR count). The molecule has 0 bridgehead atoms. The van der Waals surface area contributed by atoms with Gasteiger partial charge in [0.05, 0.1) is 18.3 Å². The molecule has 0 amide bonds. The van der Waals surface area contributed by atoms with E-state index in [0.717, 1.165) is 42.8 Å². The third-order valence-electron chi connectivity index (χ3n) is 5.32. The van der Waals surface area contributed by atoms with E-state index in [1.807, 2.05) is 18.2 Å². The molecule has 3 heterocycles. The van der Waals surface area contributed by atoms with E-state index in [0.29, 0.717) is 37.7 Å². The summed E-state index contributed by atoms with van der Waals surface area (Å²) in [6.45, 7) is 2.29. The number of aromatic amines is 1. The van der Waals surface area contributed by atoms with E-state index in [1.165, 1.54) is 0 Å². The van der Waals surface area contributed by atoms with Gasteiger partial charge in [-0.1, -0.05) is 17.7 Å². The van der Waals surface area contributed by atoms with Gasteiger partial charge in [-0.25, -0.2) is 0 Å². The number of benzene rings is 1. The predicted molar refractivity (Wildman–Crippen MR) is 108 cm³/mol. The molecule has 2 aliphatic heterocycles. The molecule has 2 saturated heterocycles. The molecule has 0 unspecified atom stereocenters. The summed E-state index contributed by atoms with van der Waals surface area (Å²) in [6, 6.07) is 9.07. The van der Waals surface area contributed by atoms with Gasteiger partial charge in [0, 0.05) is 36.8 Å². The lowest BCUT2D eigenvalue weighted by molar-refractivity contribution is 0.320. The van der Waals surface area contributed by atoms with Crippen LogP contribution in [0.2, 0.25) is 5.02 Å². The Bertz CT molecular complexity index is 911. The Morgan fingerprint density at radius 1 is 1.18 bits per heavy atom. The fourth-order valence-corrected chi connectivity index (χ4v) is 5.98. The number of hydrogen-bond acceptors (Lipinski definition) is 4. The summed E-state index contributed by atoms with van der Waals surface area (Å²) in [4.78, 5) is 0. The maximum absolute atomic E-state index is 13.0. The highest BCUT2D eigenvalue weighted by atomic mass is 35.5. The van der Waals surface area contributed by atoms with Crippen LogP contribution in [0.15, 0.2) is 30.3 Å². The highest BCUT2D eigenvalue weighted by Crippen LogP contribution is 2.35. The molecular formula is C19H25ClN4O3S. The lowest BCUT2D eigenvalue weighted by Gasteiger charge is -2.27. The fraction of sp³-hybridized carbons (Fsp3) is 0.526. The number of rotatable bonds is 7. The average Bonchev–Trinajstić information content (AvgIpc) is 3.42. The monoisotopic (exact) mass is 424 g/mol. The van der Waals surface area contributed by atoms with Gasteiger partial charge in [0.15, 0.2) is 0 Å². The largest absolute Gasteiger partial charge is 0.493 e. The first-order valence-corrected chi connectivity index (χ1v) is 11.5. The summed E-state index contributed by atoms with van der Waals surface area (Å²) in [7, 11) is -3.41. The van der Waals surface area contributed by atoms with Crippen LogP contribution in [0.4, 0.5) is 0 Å². The highest BCUT2D eigenvalue weighted by molar-refractivity contribution is 7.86. The molecule has 0 aliphatic carbocycles. The molecule has 1 aromatic heterocycles. The van der Waals surface area contributed by atoms with E-state index in [1.54, 1.807) is 20.7 Å². The number of nitrogens with zero attached hydrogens (tertiary/aromatic N) is 3. The molecule has 2 fully saturated rings. The molecule has 0 radical (unpaired) electrons. The first-order chi connectivity index (χ1) is 13.5. The van der Waals surface area contributed by atoms with Crippen molar-refractivity contribution in [3.63, 3.8) is 0 Å². The van der Waals surface area contributed by atoms with Crippen LogP contribution in [-0.4, -0.2) is 53.5 Å². The summed E-state index contributed by atoms with van der Waals surface area (Å²) < 4.78 is 34.9. The van der Waals surface area contributed by atoms with Gasteiger partial charge in [0.2, 0.25) is 0 Å². The quantitative estimate of drug-likeness (QED) is 0.740. The normalized spacial score (nSPS) is 21.4. The van der Waals surface area contributed by atoms with Crippen molar-refractivity contribution in [3.05, 3.63) is 46.7 Å². The third kappa shape index (κ3) is 4.20. The maximum Gasteiger partial charge on any atom is 0.282 e. The van der Waals surface area contributed by atoms with Crippen molar-refractivity contribution < 1.29 is 13.2 Å². The van der Waals surface area contributed by atoms with Crippen LogP contribution >= 0.6 is 11.6 Å². The van der Waals surface area contributed by atoms with Gasteiger partial charge >= 0.3 is 0 Å². The number of aromatic nitrogens is 2. The van der Waals surface area contributed by atoms with Crippen LogP contribution in [-0.2, 0) is 16.6 Å². The molecule has 0 saturated carbocycles. The molecule has 7 nitrogen and oxygen atoms in total. The number of H-pyrrole nitrogens is 1. The second kappa shape index (κ2) is 8.41. The Hall–Kier alpha value is -1.61. The van der Waals surface area contributed by atoms with Crippen molar-refractivity contribution in [2.24, 2.45) is 0 Å². The van der Waals surface area contributed by atoms with Crippen LogP contribution in [0.1, 0.15) is 43.1 Å². The lowest BCUT2D eigenvalue weighted by Crippen LogP contribution is -2.42. The van der Waals surface area contributed by atoms with E-state index >= 15 is 0 Å². The molecule has 1 N–H and O–H groups in total. The van der Waals surface area contributed by atoms with Crippen LogP contribution in [0.5, 0.6) is 5.75 Å². The van der Waals surface area contributed by atoms with Crippen LogP contribution < -0.4 is 4.74 Å². The summed E-state index contributed by atoms with van der Waals surface area (Å²) in [5.41, 5.74) is 1.72. The van der Waals surface area contributed by atoms with Gasteiger partial charge in [-0.15, -0.1) is 0 Å². The number of nitrogens with one attached hydrogen (secondary N) is 1. The summed E-state index contributed by atoms with van der Waals surface area (Å²) in [6.07, 6.45) is 4.20. The smallest absolute Gasteiger partial charge is 0.282 e. The zero-order valence-corrected chi connectivity index (χ0v) is 17.3. The van der Waals surface area contributed by atoms with Gasteiger partial charge in [-0.05, 0) is 49.9 Å². The van der Waals surface area contributed by atoms with Crippen LogP contribution in [0, 0.1) is 0 Å². The molecule has 9 heteroatoms. The Kier molecular flexibility index (Phi) is 5.91. The zero-order valence-electron chi connectivity index (χ0n) is 15.7. The van der Waals surface area contributed by atoms with Gasteiger partial charge in [-0.2, -0.15) is 22.1 Å². The molecule has 28 heavy (non-hydrogen) atoms. The molecule has 2 aliphatic rings. The third-order valence-corrected chi connectivity index (χ3v) is 7.60. The highest BCUT2D eigenvalue weighted by Gasteiger charge is 2.40. The fourth-order valence-electron chi connectivity index (χ4n) is 3.89. The minimum Gasteiger partial charge on any atom is -0.493 e. The summed E-state index contributed by atoms with van der Waals surface area (Å²) in [5, 5.41) is 8.07. The van der Waals surface area contributed by atoms with Crippen molar-refractivity contribution in [2.45, 2.75) is 38.1 Å². The van der Waals surface area contributed by atoms with E-state index in [4.69, 9.17) is 16.3 Å². The second-order valence-corrected chi connectivity index (χ2v) is 9.57. The summed E-state index contributed by atoms with van der Waals surface area (Å²) in [5.74, 6) is 0.728. The van der Waals surface area contributed by atoms with Crippen LogP contribution in [0.3, 0.4) is 0 Å². The molecular weight excluding hydrogens is 400 g/mol. The maximum atomic E-state index is 13.0. The molecule has 2 aromatic rings. The molecule has 0 spiro atoms. The van der Waals surface area contributed by atoms with Gasteiger partial charge in [-0.3, -0.25) is 5.10 Å². The minimum absolute atomic E-state index is 0.190. The first-order valence-electron chi connectivity index (χ1n) is 9.73. The SMILES string of the molecule is O=S(=O)(N1CCCC1)N1CCC[C@H]1c1cc(CCOc2cccc(Cl)c2)[nH]n1. The minimum atomic E-state index is -3.41. The van der Waals surface area contributed by atoms with Gasteiger partial charge < -0.3 is 4.74 Å². The molecule has 1 atom stereocenters. The van der Waals surface area contributed by atoms with E-state index in [2.05, 4.69) is 10.2 Å². The Morgan fingerprint density at radius 2 is 2.00 bits per heavy atom. The number of hydrogen-bond donors (Lipinski definition) is 1. The lowest BCUT2D eigenvalue weighted by atomic mass is 10.1. The first kappa shape index (κ1) is 19.7. The van der Waals surface area contributed by atoms with E-state index < -0.39 is 10.2 Å². The topological polar surface area (TPSA) is 78.5 Å². The molecule has 152 valence electrons. The standard InChI is InChI=1S/C19H25ClN4O3S/c20-15-5-3-6-17(13-15)27-12-8-16-14-18(22-21-16)19-7-4-11-24(19)28(25,26)23-9-1-2-10-23/h3,5-6,13-14,19H,1-2,4,7-12H2,(H,21,22)/t19-/m0/s1. The summed E-state index contributed by atoms with van der Waals surface area (Å²) >= 11 is 5.96. The van der Waals surface area contributed by atoms with E-state index in [9.17, 15) is 8.42 Å².